The minimum Gasteiger partial charge on any atom is -0.371 e. The Balaban J connectivity index is 2.19. The highest BCUT2D eigenvalue weighted by atomic mass is 19.1. The molecule has 1 aromatic rings. The van der Waals surface area contributed by atoms with Crippen LogP contribution in [-0.4, -0.2) is 19.6 Å². The Bertz CT molecular complexity index is 425. The van der Waals surface area contributed by atoms with E-state index in [1.807, 2.05) is 6.07 Å². The second-order valence-electron chi connectivity index (χ2n) is 6.13. The fourth-order valence-electron chi connectivity index (χ4n) is 3.12. The first-order chi connectivity index (χ1) is 10.2. The average Bonchev–Trinajstić information content (AvgIpc) is 2.45. The Morgan fingerprint density at radius 1 is 1.14 bits per heavy atom. The third-order valence-electron chi connectivity index (χ3n) is 4.35. The molecule has 1 fully saturated rings. The van der Waals surface area contributed by atoms with Crippen LogP contribution in [-0.2, 0) is 0 Å². The van der Waals surface area contributed by atoms with Gasteiger partial charge in [0.2, 0.25) is 0 Å². The van der Waals surface area contributed by atoms with E-state index in [4.69, 9.17) is 0 Å². The molecular formula is C18H29FN2. The molecule has 0 radical (unpaired) electrons. The number of hydrogen-bond donors (Lipinski definition) is 1. The van der Waals surface area contributed by atoms with Crippen LogP contribution < -0.4 is 10.2 Å². The second kappa shape index (κ2) is 8.38. The van der Waals surface area contributed by atoms with E-state index in [0.717, 1.165) is 31.6 Å². The van der Waals surface area contributed by atoms with Crippen LogP contribution in [0.3, 0.4) is 0 Å². The highest BCUT2D eigenvalue weighted by molar-refractivity contribution is 5.55. The first kappa shape index (κ1) is 16.3. The summed E-state index contributed by atoms with van der Waals surface area (Å²) >= 11 is 0. The van der Waals surface area contributed by atoms with Crippen molar-refractivity contribution in [2.75, 3.05) is 24.5 Å². The van der Waals surface area contributed by atoms with Gasteiger partial charge >= 0.3 is 0 Å². The molecule has 1 aliphatic rings. The Morgan fingerprint density at radius 2 is 1.81 bits per heavy atom. The van der Waals surface area contributed by atoms with Crippen LogP contribution in [0, 0.1) is 5.82 Å². The number of anilines is 1. The molecule has 2 nitrogen and oxygen atoms in total. The summed E-state index contributed by atoms with van der Waals surface area (Å²) < 4.78 is 13.7. The van der Waals surface area contributed by atoms with Gasteiger partial charge in [-0.2, -0.15) is 0 Å². The molecule has 3 heteroatoms. The van der Waals surface area contributed by atoms with Crippen LogP contribution in [0.5, 0.6) is 0 Å². The Kier molecular flexibility index (Phi) is 6.50. The normalized spacial score (nSPS) is 18.1. The van der Waals surface area contributed by atoms with Crippen molar-refractivity contribution in [2.45, 2.75) is 58.4 Å². The molecule has 118 valence electrons. The predicted octanol–water partition coefficient (Wildman–Crippen LogP) is 4.66. The summed E-state index contributed by atoms with van der Waals surface area (Å²) in [5.74, 6) is -0.133. The molecule has 1 aliphatic heterocycles. The molecule has 0 aromatic heterocycles. The van der Waals surface area contributed by atoms with Crippen molar-refractivity contribution in [2.24, 2.45) is 0 Å². The molecule has 0 saturated carbocycles. The standard InChI is InChI=1S/C18H29FN2/c1-3-11-20-15(2)17-14-16(19)9-10-18(17)21-12-7-5-4-6-8-13-21/h9-10,14-15,20H,3-8,11-13H2,1-2H3. The van der Waals surface area contributed by atoms with E-state index in [2.05, 4.69) is 24.1 Å². The van der Waals surface area contributed by atoms with Crippen molar-refractivity contribution < 1.29 is 4.39 Å². The van der Waals surface area contributed by atoms with Crippen molar-refractivity contribution >= 4 is 5.69 Å². The first-order valence-corrected chi connectivity index (χ1v) is 8.50. The van der Waals surface area contributed by atoms with E-state index in [9.17, 15) is 4.39 Å². The highest BCUT2D eigenvalue weighted by Crippen LogP contribution is 2.29. The molecule has 0 bridgehead atoms. The van der Waals surface area contributed by atoms with Crippen LogP contribution in [0.15, 0.2) is 18.2 Å². The smallest absolute Gasteiger partial charge is 0.123 e. The SMILES string of the molecule is CCCNC(C)c1cc(F)ccc1N1CCCCCCC1. The molecular weight excluding hydrogens is 263 g/mol. The fraction of sp³-hybridized carbons (Fsp3) is 0.667. The molecule has 1 aromatic carbocycles. The third-order valence-corrected chi connectivity index (χ3v) is 4.35. The zero-order valence-corrected chi connectivity index (χ0v) is 13.5. The highest BCUT2D eigenvalue weighted by Gasteiger charge is 2.17. The van der Waals surface area contributed by atoms with Gasteiger partial charge in [-0.1, -0.05) is 26.2 Å². The van der Waals surface area contributed by atoms with E-state index in [1.54, 1.807) is 12.1 Å². The fourth-order valence-corrected chi connectivity index (χ4v) is 3.12. The van der Waals surface area contributed by atoms with E-state index in [1.165, 1.54) is 37.8 Å². The summed E-state index contributed by atoms with van der Waals surface area (Å²) in [5, 5.41) is 3.49. The lowest BCUT2D eigenvalue weighted by molar-refractivity contribution is 0.541. The van der Waals surface area contributed by atoms with Gasteiger partial charge in [0.1, 0.15) is 5.82 Å². The summed E-state index contributed by atoms with van der Waals surface area (Å²) in [6.45, 7) is 7.46. The first-order valence-electron chi connectivity index (χ1n) is 8.50. The maximum absolute atomic E-state index is 13.7. The lowest BCUT2D eigenvalue weighted by Gasteiger charge is -2.30. The topological polar surface area (TPSA) is 15.3 Å². The minimum absolute atomic E-state index is 0.133. The monoisotopic (exact) mass is 292 g/mol. The van der Waals surface area contributed by atoms with Crippen molar-refractivity contribution in [3.63, 3.8) is 0 Å². The summed E-state index contributed by atoms with van der Waals surface area (Å²) in [5.41, 5.74) is 2.32. The maximum Gasteiger partial charge on any atom is 0.123 e. The molecule has 0 spiro atoms. The van der Waals surface area contributed by atoms with Gasteiger partial charge in [-0.25, -0.2) is 4.39 Å². The zero-order chi connectivity index (χ0) is 15.1. The molecule has 1 heterocycles. The van der Waals surface area contributed by atoms with E-state index in [-0.39, 0.29) is 11.9 Å². The van der Waals surface area contributed by atoms with Gasteiger partial charge in [0.15, 0.2) is 0 Å². The molecule has 0 aliphatic carbocycles. The van der Waals surface area contributed by atoms with Crippen LogP contribution in [0.4, 0.5) is 10.1 Å². The minimum atomic E-state index is -0.133. The summed E-state index contributed by atoms with van der Waals surface area (Å²) in [4.78, 5) is 2.46. The van der Waals surface area contributed by atoms with Gasteiger partial charge in [-0.05, 0) is 56.5 Å². The predicted molar refractivity (Wildman–Crippen MR) is 88.4 cm³/mol. The number of halogens is 1. The van der Waals surface area contributed by atoms with E-state index < -0.39 is 0 Å². The number of nitrogens with one attached hydrogen (secondary N) is 1. The maximum atomic E-state index is 13.7. The molecule has 1 atom stereocenters. The number of hydrogen-bond acceptors (Lipinski definition) is 2. The van der Waals surface area contributed by atoms with Crippen molar-refractivity contribution in [3.05, 3.63) is 29.6 Å². The summed E-state index contributed by atoms with van der Waals surface area (Å²) in [6.07, 6.45) is 7.58. The van der Waals surface area contributed by atoms with E-state index in [0.29, 0.717) is 0 Å². The van der Waals surface area contributed by atoms with Crippen molar-refractivity contribution in [1.82, 2.24) is 5.32 Å². The van der Waals surface area contributed by atoms with Gasteiger partial charge in [-0.15, -0.1) is 0 Å². The lowest BCUT2D eigenvalue weighted by atomic mass is 10.0. The number of benzene rings is 1. The molecule has 1 N–H and O–H groups in total. The molecule has 21 heavy (non-hydrogen) atoms. The summed E-state index contributed by atoms with van der Waals surface area (Å²) in [7, 11) is 0. The van der Waals surface area contributed by atoms with Crippen molar-refractivity contribution in [1.29, 1.82) is 0 Å². The second-order valence-corrected chi connectivity index (χ2v) is 6.13. The molecule has 0 amide bonds. The lowest BCUT2D eigenvalue weighted by Crippen LogP contribution is -2.30. The van der Waals surface area contributed by atoms with Gasteiger partial charge in [-0.3, -0.25) is 0 Å². The van der Waals surface area contributed by atoms with Gasteiger partial charge in [0.05, 0.1) is 0 Å². The Labute approximate surface area is 128 Å². The Morgan fingerprint density at radius 3 is 2.48 bits per heavy atom. The largest absolute Gasteiger partial charge is 0.371 e. The Hall–Kier alpha value is -1.09. The van der Waals surface area contributed by atoms with Crippen LogP contribution in [0.2, 0.25) is 0 Å². The van der Waals surface area contributed by atoms with Gasteiger partial charge < -0.3 is 10.2 Å². The summed E-state index contributed by atoms with van der Waals surface area (Å²) in [6, 6.07) is 5.48. The zero-order valence-electron chi connectivity index (χ0n) is 13.5. The number of nitrogens with zero attached hydrogens (tertiary/aromatic N) is 1. The van der Waals surface area contributed by atoms with Gasteiger partial charge in [0, 0.05) is 24.8 Å². The average molecular weight is 292 g/mol. The third kappa shape index (κ3) is 4.70. The van der Waals surface area contributed by atoms with Crippen LogP contribution in [0.25, 0.3) is 0 Å². The van der Waals surface area contributed by atoms with Crippen LogP contribution >= 0.6 is 0 Å². The molecule has 1 unspecified atom stereocenters. The number of rotatable bonds is 5. The van der Waals surface area contributed by atoms with Crippen LogP contribution in [0.1, 0.15) is 64.0 Å². The molecule has 1 saturated heterocycles. The van der Waals surface area contributed by atoms with E-state index >= 15 is 0 Å². The molecule has 2 rings (SSSR count). The quantitative estimate of drug-likeness (QED) is 0.849. The van der Waals surface area contributed by atoms with Gasteiger partial charge in [0.25, 0.3) is 0 Å². The van der Waals surface area contributed by atoms with Crippen molar-refractivity contribution in [3.8, 4) is 0 Å².